The first-order valence-corrected chi connectivity index (χ1v) is 13.0. The lowest BCUT2D eigenvalue weighted by Crippen LogP contribution is -2.48. The Morgan fingerprint density at radius 1 is 0.775 bits per heavy atom. The highest BCUT2D eigenvalue weighted by Gasteiger charge is 2.23. The first kappa shape index (κ1) is 28.4. The minimum absolute atomic E-state index is 0.0191. The summed E-state index contributed by atoms with van der Waals surface area (Å²) >= 11 is 0. The molecule has 3 aromatic carbocycles. The third-order valence-electron chi connectivity index (χ3n) is 7.00. The maximum absolute atomic E-state index is 13.1. The van der Waals surface area contributed by atoms with Crippen molar-refractivity contribution in [2.45, 2.75) is 20.0 Å². The van der Waals surface area contributed by atoms with Crippen LogP contribution in [0.2, 0.25) is 0 Å². The van der Waals surface area contributed by atoms with Gasteiger partial charge in [-0.2, -0.15) is 0 Å². The molecule has 0 spiro atoms. The van der Waals surface area contributed by atoms with E-state index in [1.165, 1.54) is 27.4 Å². The molecule has 0 bridgehead atoms. The maximum atomic E-state index is 13.1. The van der Waals surface area contributed by atoms with E-state index < -0.39 is 11.9 Å². The van der Waals surface area contributed by atoms with E-state index in [9.17, 15) is 4.79 Å². The molecule has 0 aliphatic carbocycles. The Bertz CT molecular complexity index is 1500. The first-order chi connectivity index (χ1) is 19.2. The number of aryl methyl sites for hydroxylation is 1. The predicted octanol–water partition coefficient (Wildman–Crippen LogP) is 3.95. The van der Waals surface area contributed by atoms with Crippen LogP contribution in [0.3, 0.4) is 0 Å². The van der Waals surface area contributed by atoms with Gasteiger partial charge in [0.25, 0.3) is 5.91 Å². The number of carboxylic acids is 2. The Hall–Kier alpha value is -4.57. The van der Waals surface area contributed by atoms with Gasteiger partial charge < -0.3 is 29.2 Å². The van der Waals surface area contributed by atoms with E-state index >= 15 is 0 Å². The van der Waals surface area contributed by atoms with Crippen LogP contribution in [-0.4, -0.2) is 82.8 Å². The van der Waals surface area contributed by atoms with Crippen LogP contribution in [-0.2, 0) is 22.7 Å². The van der Waals surface area contributed by atoms with Gasteiger partial charge in [-0.15, -0.1) is 0 Å². The van der Waals surface area contributed by atoms with Crippen molar-refractivity contribution in [3.63, 3.8) is 0 Å². The Balaban J connectivity index is 0.000000557. The van der Waals surface area contributed by atoms with E-state index in [-0.39, 0.29) is 5.91 Å². The van der Waals surface area contributed by atoms with Gasteiger partial charge in [0.2, 0.25) is 0 Å². The quantitative estimate of drug-likeness (QED) is 0.348. The molecule has 1 saturated heterocycles. The highest BCUT2D eigenvalue weighted by atomic mass is 16.5. The number of fused-ring (bicyclic) bond motifs is 3. The summed E-state index contributed by atoms with van der Waals surface area (Å²) in [4.78, 5) is 35.6. The van der Waals surface area contributed by atoms with Crippen LogP contribution in [0, 0.1) is 0 Å². The molecule has 10 heteroatoms. The van der Waals surface area contributed by atoms with Crippen molar-refractivity contribution in [1.82, 2.24) is 14.4 Å². The van der Waals surface area contributed by atoms with Gasteiger partial charge in [0.05, 0.1) is 14.2 Å². The first-order valence-electron chi connectivity index (χ1n) is 13.0. The summed E-state index contributed by atoms with van der Waals surface area (Å²) in [5.74, 6) is -2.38. The molecule has 2 heterocycles. The van der Waals surface area contributed by atoms with Crippen LogP contribution >= 0.6 is 0 Å². The molecule has 210 valence electrons. The molecule has 5 rings (SSSR count). The van der Waals surface area contributed by atoms with E-state index in [0.717, 1.165) is 26.2 Å². The molecule has 1 fully saturated rings. The van der Waals surface area contributed by atoms with Crippen LogP contribution in [0.25, 0.3) is 21.8 Å². The van der Waals surface area contributed by atoms with Crippen molar-refractivity contribution < 1.29 is 34.1 Å². The smallest absolute Gasteiger partial charge is 0.414 e. The average Bonchev–Trinajstić information content (AvgIpc) is 3.30. The van der Waals surface area contributed by atoms with E-state index in [2.05, 4.69) is 58.9 Å². The van der Waals surface area contributed by atoms with Crippen molar-refractivity contribution in [1.29, 1.82) is 0 Å². The zero-order chi connectivity index (χ0) is 28.8. The van der Waals surface area contributed by atoms with Crippen molar-refractivity contribution in [3.8, 4) is 11.5 Å². The molecular formula is C30H33N3O7. The number of aliphatic carboxylic acids is 2. The average molecular weight is 548 g/mol. The highest BCUT2D eigenvalue weighted by Crippen LogP contribution is 2.30. The van der Waals surface area contributed by atoms with E-state index in [4.69, 9.17) is 29.3 Å². The summed E-state index contributed by atoms with van der Waals surface area (Å²) in [5, 5.41) is 17.4. The summed E-state index contributed by atoms with van der Waals surface area (Å²) in [5.41, 5.74) is 4.49. The number of hydrogen-bond donors (Lipinski definition) is 2. The summed E-state index contributed by atoms with van der Waals surface area (Å²) in [6, 6.07) is 20.8. The molecule has 10 nitrogen and oxygen atoms in total. The summed E-state index contributed by atoms with van der Waals surface area (Å²) in [6.45, 7) is 7.14. The van der Waals surface area contributed by atoms with Gasteiger partial charge in [0.15, 0.2) is 0 Å². The molecule has 1 aliphatic heterocycles. The van der Waals surface area contributed by atoms with Crippen molar-refractivity contribution in [2.75, 3.05) is 40.4 Å². The predicted molar refractivity (Wildman–Crippen MR) is 151 cm³/mol. The molecule has 2 N–H and O–H groups in total. The minimum atomic E-state index is -1.82. The van der Waals surface area contributed by atoms with Gasteiger partial charge in [-0.25, -0.2) is 9.59 Å². The molecule has 1 aromatic heterocycles. The van der Waals surface area contributed by atoms with Gasteiger partial charge in [-0.3, -0.25) is 9.69 Å². The molecule has 0 unspecified atom stereocenters. The number of carboxylic acid groups (broad SMARTS) is 2. The Labute approximate surface area is 231 Å². The minimum Gasteiger partial charge on any atom is -0.497 e. The summed E-state index contributed by atoms with van der Waals surface area (Å²) in [6.07, 6.45) is 0. The largest absolute Gasteiger partial charge is 0.497 e. The molecule has 0 saturated carbocycles. The number of benzene rings is 3. The normalized spacial score (nSPS) is 13.5. The number of amides is 1. The van der Waals surface area contributed by atoms with Crippen molar-refractivity contribution >= 4 is 39.7 Å². The van der Waals surface area contributed by atoms with Gasteiger partial charge in [-0.1, -0.05) is 24.3 Å². The molecule has 40 heavy (non-hydrogen) atoms. The molecular weight excluding hydrogens is 514 g/mol. The molecule has 0 atom stereocenters. The van der Waals surface area contributed by atoms with Crippen LogP contribution in [0.4, 0.5) is 0 Å². The number of carbonyl (C=O) groups excluding carboxylic acids is 1. The standard InChI is InChI=1S/C28H31N3O3.C2H2O4/c1-4-31-26-8-6-5-7-24(26)25-15-20(9-10-27(25)31)19-29-11-13-30(14-12-29)28(32)21-16-22(33-2)18-23(17-21)34-3;3-1(4)2(5)6/h5-10,15-18H,4,11-14,19H2,1-3H3;(H,3,4)(H,5,6). The number of hydrogen-bond acceptors (Lipinski definition) is 6. The van der Waals surface area contributed by atoms with Gasteiger partial charge in [0.1, 0.15) is 11.5 Å². The van der Waals surface area contributed by atoms with Crippen LogP contribution < -0.4 is 9.47 Å². The molecule has 0 radical (unpaired) electrons. The molecule has 1 amide bonds. The van der Waals surface area contributed by atoms with Gasteiger partial charge in [-0.05, 0) is 42.8 Å². The fraction of sp³-hybridized carbons (Fsp3) is 0.300. The van der Waals surface area contributed by atoms with Crippen LogP contribution in [0.15, 0.2) is 60.7 Å². The Morgan fingerprint density at radius 2 is 1.38 bits per heavy atom. The third kappa shape index (κ3) is 6.18. The number of carbonyl (C=O) groups is 3. The van der Waals surface area contributed by atoms with Gasteiger partial charge >= 0.3 is 11.9 Å². The number of aromatic nitrogens is 1. The number of nitrogens with zero attached hydrogens (tertiary/aromatic N) is 3. The zero-order valence-corrected chi connectivity index (χ0v) is 22.8. The number of ether oxygens (including phenoxy) is 2. The fourth-order valence-corrected chi connectivity index (χ4v) is 5.02. The number of rotatable bonds is 6. The fourth-order valence-electron chi connectivity index (χ4n) is 5.02. The topological polar surface area (TPSA) is 122 Å². The van der Waals surface area contributed by atoms with E-state index in [0.29, 0.717) is 30.2 Å². The number of methoxy groups -OCH3 is 2. The second kappa shape index (κ2) is 12.5. The van der Waals surface area contributed by atoms with E-state index in [1.807, 2.05) is 4.90 Å². The highest BCUT2D eigenvalue weighted by molar-refractivity contribution is 6.27. The summed E-state index contributed by atoms with van der Waals surface area (Å²) < 4.78 is 13.0. The van der Waals surface area contributed by atoms with Crippen LogP contribution in [0.1, 0.15) is 22.8 Å². The summed E-state index contributed by atoms with van der Waals surface area (Å²) in [7, 11) is 3.19. The van der Waals surface area contributed by atoms with Crippen LogP contribution in [0.5, 0.6) is 11.5 Å². The van der Waals surface area contributed by atoms with Crippen molar-refractivity contribution in [2.24, 2.45) is 0 Å². The zero-order valence-electron chi connectivity index (χ0n) is 22.8. The third-order valence-corrected chi connectivity index (χ3v) is 7.00. The Kier molecular flexibility index (Phi) is 8.90. The number of piperazine rings is 1. The van der Waals surface area contributed by atoms with Gasteiger partial charge in [0, 0.05) is 72.7 Å². The Morgan fingerprint density at radius 3 is 1.95 bits per heavy atom. The second-order valence-electron chi connectivity index (χ2n) is 9.39. The monoisotopic (exact) mass is 547 g/mol. The molecule has 4 aromatic rings. The molecule has 1 aliphatic rings. The lowest BCUT2D eigenvalue weighted by Gasteiger charge is -2.35. The van der Waals surface area contributed by atoms with E-state index in [1.54, 1.807) is 32.4 Å². The lowest BCUT2D eigenvalue weighted by atomic mass is 10.1. The van der Waals surface area contributed by atoms with Crippen molar-refractivity contribution in [3.05, 3.63) is 71.8 Å². The number of para-hydroxylation sites is 1. The second-order valence-corrected chi connectivity index (χ2v) is 9.39. The lowest BCUT2D eigenvalue weighted by molar-refractivity contribution is -0.159. The maximum Gasteiger partial charge on any atom is 0.414 e. The SMILES string of the molecule is CCn1c2ccccc2c2cc(CN3CCN(C(=O)c4cc(OC)cc(OC)c4)CC3)ccc21.O=C(O)C(=O)O.